The number of pyridine rings is 1. The van der Waals surface area contributed by atoms with Gasteiger partial charge in [-0.2, -0.15) is 0 Å². The van der Waals surface area contributed by atoms with Crippen molar-refractivity contribution in [1.82, 2.24) is 14.8 Å². The van der Waals surface area contributed by atoms with Gasteiger partial charge in [-0.3, -0.25) is 19.9 Å². The van der Waals surface area contributed by atoms with E-state index in [-0.39, 0.29) is 17.6 Å². The maximum atomic E-state index is 13.0. The highest BCUT2D eigenvalue weighted by Crippen LogP contribution is 2.24. The molecule has 10 nitrogen and oxygen atoms in total. The quantitative estimate of drug-likeness (QED) is 0.441. The molecule has 0 atom stereocenters. The normalized spacial score (nSPS) is 13.3. The molecule has 180 valence electrons. The third-order valence-corrected chi connectivity index (χ3v) is 6.06. The standard InChI is InChI=1S/C25H26N6O4/c1-18-3-6-20(17-23(18)31(34)35)27-25(33)30-15-13-29(14-16-30)24(32)19-4-7-21(8-5-19)28(2)22-9-11-26-12-10-22/h3-12,17H,13-16H2,1-2H3,(H,27,33). The number of nitro groups is 1. The van der Waals surface area contributed by atoms with Gasteiger partial charge in [-0.05, 0) is 49.4 Å². The van der Waals surface area contributed by atoms with E-state index in [1.54, 1.807) is 53.4 Å². The van der Waals surface area contributed by atoms with Crippen LogP contribution >= 0.6 is 0 Å². The smallest absolute Gasteiger partial charge is 0.321 e. The Morgan fingerprint density at radius 3 is 2.17 bits per heavy atom. The lowest BCUT2D eigenvalue weighted by atomic mass is 10.1. The fraction of sp³-hybridized carbons (Fsp3) is 0.240. The molecule has 3 amide bonds. The molecule has 1 aliphatic heterocycles. The first kappa shape index (κ1) is 23.7. The lowest BCUT2D eigenvalue weighted by Crippen LogP contribution is -2.51. The summed E-state index contributed by atoms with van der Waals surface area (Å²) in [5.41, 5.74) is 3.37. The average Bonchev–Trinajstić information content (AvgIpc) is 2.89. The zero-order chi connectivity index (χ0) is 24.9. The fourth-order valence-electron chi connectivity index (χ4n) is 3.93. The van der Waals surface area contributed by atoms with Crippen LogP contribution < -0.4 is 10.2 Å². The lowest BCUT2D eigenvalue weighted by Gasteiger charge is -2.34. The largest absolute Gasteiger partial charge is 0.345 e. The molecule has 1 N–H and O–H groups in total. The maximum absolute atomic E-state index is 13.0. The minimum absolute atomic E-state index is 0.0452. The molecule has 0 saturated carbocycles. The predicted molar refractivity (Wildman–Crippen MR) is 133 cm³/mol. The van der Waals surface area contributed by atoms with Crippen LogP contribution in [-0.4, -0.2) is 64.9 Å². The maximum Gasteiger partial charge on any atom is 0.321 e. The number of hydrogen-bond donors (Lipinski definition) is 1. The Morgan fingerprint density at radius 2 is 1.54 bits per heavy atom. The summed E-state index contributed by atoms with van der Waals surface area (Å²) in [5.74, 6) is -0.0858. The number of hydrogen-bond acceptors (Lipinski definition) is 6. The van der Waals surface area contributed by atoms with Crippen LogP contribution in [0, 0.1) is 17.0 Å². The molecule has 1 saturated heterocycles. The molecule has 2 aromatic carbocycles. The van der Waals surface area contributed by atoms with Gasteiger partial charge in [0.25, 0.3) is 11.6 Å². The van der Waals surface area contributed by atoms with Crippen molar-refractivity contribution in [3.8, 4) is 0 Å². The van der Waals surface area contributed by atoms with Crippen molar-refractivity contribution < 1.29 is 14.5 Å². The molecule has 1 aliphatic rings. The van der Waals surface area contributed by atoms with Crippen molar-refractivity contribution in [3.63, 3.8) is 0 Å². The first-order chi connectivity index (χ1) is 16.8. The first-order valence-electron chi connectivity index (χ1n) is 11.2. The minimum Gasteiger partial charge on any atom is -0.345 e. The highest BCUT2D eigenvalue weighted by molar-refractivity contribution is 5.95. The molecule has 4 rings (SSSR count). The van der Waals surface area contributed by atoms with Crippen LogP contribution in [0.5, 0.6) is 0 Å². The molecule has 0 bridgehead atoms. The van der Waals surface area contributed by atoms with Crippen molar-refractivity contribution in [2.75, 3.05) is 43.4 Å². The zero-order valence-corrected chi connectivity index (χ0v) is 19.5. The Kier molecular flexibility index (Phi) is 6.91. The minimum atomic E-state index is -0.473. The summed E-state index contributed by atoms with van der Waals surface area (Å²) in [5, 5.41) is 13.8. The molecule has 0 spiro atoms. The second-order valence-electron chi connectivity index (χ2n) is 8.28. The molecule has 10 heteroatoms. The molecule has 3 aromatic rings. The van der Waals surface area contributed by atoms with Crippen molar-refractivity contribution in [3.05, 3.63) is 88.2 Å². The van der Waals surface area contributed by atoms with E-state index < -0.39 is 4.92 Å². The van der Waals surface area contributed by atoms with Gasteiger partial charge in [-0.25, -0.2) is 4.79 Å². The molecule has 1 fully saturated rings. The molecule has 1 aromatic heterocycles. The number of urea groups is 1. The van der Waals surface area contributed by atoms with Crippen LogP contribution in [0.4, 0.5) is 27.5 Å². The summed E-state index contributed by atoms with van der Waals surface area (Å²) in [4.78, 5) is 45.6. The SMILES string of the molecule is Cc1ccc(NC(=O)N2CCN(C(=O)c3ccc(N(C)c4ccncc4)cc3)CC2)cc1[N+](=O)[O-]. The molecule has 0 aliphatic carbocycles. The second-order valence-corrected chi connectivity index (χ2v) is 8.28. The van der Waals surface area contributed by atoms with Crippen LogP contribution in [0.1, 0.15) is 15.9 Å². The van der Waals surface area contributed by atoms with Gasteiger partial charge in [-0.1, -0.05) is 6.07 Å². The molecule has 0 radical (unpaired) electrons. The summed E-state index contributed by atoms with van der Waals surface area (Å²) in [6.07, 6.45) is 3.46. The number of aryl methyl sites for hydroxylation is 1. The van der Waals surface area contributed by atoms with Gasteiger partial charge in [0.05, 0.1) is 4.92 Å². The number of aromatic nitrogens is 1. The van der Waals surface area contributed by atoms with Crippen LogP contribution in [-0.2, 0) is 0 Å². The summed E-state index contributed by atoms with van der Waals surface area (Å²) in [6, 6.07) is 15.5. The Bertz CT molecular complexity index is 1220. The van der Waals surface area contributed by atoms with Gasteiger partial charge in [-0.15, -0.1) is 0 Å². The van der Waals surface area contributed by atoms with Crippen LogP contribution in [0.25, 0.3) is 0 Å². The van der Waals surface area contributed by atoms with E-state index in [4.69, 9.17) is 0 Å². The number of nitrogens with one attached hydrogen (secondary N) is 1. The third kappa shape index (κ3) is 5.37. The van der Waals surface area contributed by atoms with Gasteiger partial charge in [0.15, 0.2) is 0 Å². The van der Waals surface area contributed by atoms with Crippen LogP contribution in [0.3, 0.4) is 0 Å². The highest BCUT2D eigenvalue weighted by Gasteiger charge is 2.25. The van der Waals surface area contributed by atoms with Crippen LogP contribution in [0.2, 0.25) is 0 Å². The van der Waals surface area contributed by atoms with E-state index in [0.29, 0.717) is 43.0 Å². The van der Waals surface area contributed by atoms with Crippen molar-refractivity contribution in [2.24, 2.45) is 0 Å². The second kappa shape index (κ2) is 10.2. The van der Waals surface area contributed by atoms with Gasteiger partial charge >= 0.3 is 6.03 Å². The number of benzene rings is 2. The van der Waals surface area contributed by atoms with Crippen molar-refractivity contribution >= 4 is 34.7 Å². The van der Waals surface area contributed by atoms with E-state index in [9.17, 15) is 19.7 Å². The van der Waals surface area contributed by atoms with E-state index in [2.05, 4.69) is 10.3 Å². The first-order valence-corrected chi connectivity index (χ1v) is 11.2. The highest BCUT2D eigenvalue weighted by atomic mass is 16.6. The molecule has 35 heavy (non-hydrogen) atoms. The number of rotatable bonds is 5. The predicted octanol–water partition coefficient (Wildman–Crippen LogP) is 4.06. The molecule has 2 heterocycles. The van der Waals surface area contributed by atoms with Crippen molar-refractivity contribution in [1.29, 1.82) is 0 Å². The number of nitrogens with zero attached hydrogens (tertiary/aromatic N) is 5. The molecular weight excluding hydrogens is 448 g/mol. The zero-order valence-electron chi connectivity index (χ0n) is 19.5. The van der Waals surface area contributed by atoms with Gasteiger partial charge in [0.2, 0.25) is 0 Å². The van der Waals surface area contributed by atoms with Gasteiger partial charge in [0.1, 0.15) is 0 Å². The Hall–Kier alpha value is -4.47. The monoisotopic (exact) mass is 474 g/mol. The number of carbonyl (C=O) groups is 2. The Balaban J connectivity index is 1.33. The Labute approximate surface area is 202 Å². The van der Waals surface area contributed by atoms with E-state index in [1.807, 2.05) is 36.2 Å². The average molecular weight is 475 g/mol. The van der Waals surface area contributed by atoms with E-state index in [1.165, 1.54) is 6.07 Å². The molecule has 0 unspecified atom stereocenters. The molecular formula is C25H26N6O4. The lowest BCUT2D eigenvalue weighted by molar-refractivity contribution is -0.385. The third-order valence-electron chi connectivity index (χ3n) is 6.06. The van der Waals surface area contributed by atoms with Crippen LogP contribution in [0.15, 0.2) is 67.0 Å². The topological polar surface area (TPSA) is 112 Å². The fourth-order valence-corrected chi connectivity index (χ4v) is 3.93. The number of piperazine rings is 1. The van der Waals surface area contributed by atoms with E-state index in [0.717, 1.165) is 11.4 Å². The Morgan fingerprint density at radius 1 is 0.943 bits per heavy atom. The van der Waals surface area contributed by atoms with E-state index >= 15 is 0 Å². The van der Waals surface area contributed by atoms with Gasteiger partial charge in [0, 0.05) is 79.9 Å². The number of anilines is 3. The summed E-state index contributed by atoms with van der Waals surface area (Å²) >= 11 is 0. The summed E-state index contributed by atoms with van der Waals surface area (Å²) in [7, 11) is 1.95. The summed E-state index contributed by atoms with van der Waals surface area (Å²) < 4.78 is 0. The van der Waals surface area contributed by atoms with Crippen molar-refractivity contribution in [2.45, 2.75) is 6.92 Å². The number of nitro benzene ring substituents is 1. The summed E-state index contributed by atoms with van der Waals surface area (Å²) in [6.45, 7) is 3.19. The number of amides is 3. The number of carbonyl (C=O) groups excluding carboxylic acids is 2. The van der Waals surface area contributed by atoms with Gasteiger partial charge < -0.3 is 20.0 Å².